The number of methoxy groups -OCH3 is 2. The number of aryl methyl sites for hydroxylation is 1. The summed E-state index contributed by atoms with van der Waals surface area (Å²) in [4.78, 5) is 12.4. The number of aromatic nitrogens is 2. The summed E-state index contributed by atoms with van der Waals surface area (Å²) >= 11 is 0. The van der Waals surface area contributed by atoms with Gasteiger partial charge in [-0.25, -0.2) is 4.68 Å². The monoisotopic (exact) mass is 359 g/mol. The molecule has 1 unspecified atom stereocenters. The Bertz CT molecular complexity index is 738. The lowest BCUT2D eigenvalue weighted by atomic mass is 10.1. The van der Waals surface area contributed by atoms with Gasteiger partial charge in [-0.1, -0.05) is 0 Å². The molecule has 0 radical (unpaired) electrons. The fourth-order valence-electron chi connectivity index (χ4n) is 3.09. The predicted molar refractivity (Wildman–Crippen MR) is 97.6 cm³/mol. The highest BCUT2D eigenvalue weighted by Gasteiger charge is 2.18. The van der Waals surface area contributed by atoms with Crippen molar-refractivity contribution in [3.8, 4) is 11.5 Å². The standard InChI is InChI=1S/C19H25N3O4/c1-24-16-4-5-17(25-2)15(11-16)3-6-19(23)21-18-7-9-20-22(18)12-14-8-10-26-13-14/h4-5,7,9,11,14H,3,6,8,10,12-13H2,1-2H3,(H,21,23). The van der Waals surface area contributed by atoms with Gasteiger partial charge in [0, 0.05) is 31.6 Å². The van der Waals surface area contributed by atoms with Gasteiger partial charge in [-0.05, 0) is 36.6 Å². The Balaban J connectivity index is 1.57. The van der Waals surface area contributed by atoms with E-state index in [4.69, 9.17) is 14.2 Å². The van der Waals surface area contributed by atoms with E-state index >= 15 is 0 Å². The molecule has 1 aliphatic rings. The second-order valence-electron chi connectivity index (χ2n) is 6.35. The normalized spacial score (nSPS) is 16.5. The van der Waals surface area contributed by atoms with Crippen LogP contribution in [-0.4, -0.2) is 43.1 Å². The molecule has 0 spiro atoms. The van der Waals surface area contributed by atoms with E-state index in [1.54, 1.807) is 20.4 Å². The van der Waals surface area contributed by atoms with E-state index in [0.29, 0.717) is 18.8 Å². The quantitative estimate of drug-likeness (QED) is 0.784. The topological polar surface area (TPSA) is 74.6 Å². The molecule has 3 rings (SSSR count). The van der Waals surface area contributed by atoms with Crippen LogP contribution >= 0.6 is 0 Å². The molecular weight excluding hydrogens is 334 g/mol. The first-order chi connectivity index (χ1) is 12.7. The van der Waals surface area contributed by atoms with Gasteiger partial charge in [0.25, 0.3) is 0 Å². The summed E-state index contributed by atoms with van der Waals surface area (Å²) in [5.41, 5.74) is 0.943. The highest BCUT2D eigenvalue weighted by molar-refractivity contribution is 5.90. The lowest BCUT2D eigenvalue weighted by Gasteiger charge is -2.13. The Labute approximate surface area is 153 Å². The average Bonchev–Trinajstić information content (AvgIpc) is 3.32. The Morgan fingerprint density at radius 1 is 1.35 bits per heavy atom. The van der Waals surface area contributed by atoms with Crippen molar-refractivity contribution < 1.29 is 19.0 Å². The van der Waals surface area contributed by atoms with Crippen LogP contribution in [0.1, 0.15) is 18.4 Å². The molecular formula is C19H25N3O4. The van der Waals surface area contributed by atoms with Crippen LogP contribution in [0.3, 0.4) is 0 Å². The lowest BCUT2D eigenvalue weighted by Crippen LogP contribution is -2.19. The smallest absolute Gasteiger partial charge is 0.225 e. The molecule has 26 heavy (non-hydrogen) atoms. The van der Waals surface area contributed by atoms with Crippen LogP contribution in [0.2, 0.25) is 0 Å². The first-order valence-electron chi connectivity index (χ1n) is 8.80. The minimum absolute atomic E-state index is 0.0562. The largest absolute Gasteiger partial charge is 0.497 e. The predicted octanol–water partition coefficient (Wildman–Crippen LogP) is 2.51. The molecule has 1 aromatic heterocycles. The van der Waals surface area contributed by atoms with Gasteiger partial charge in [-0.3, -0.25) is 4.79 Å². The Kier molecular flexibility index (Phi) is 6.12. The van der Waals surface area contributed by atoms with Crippen LogP contribution in [0.15, 0.2) is 30.5 Å². The van der Waals surface area contributed by atoms with E-state index in [2.05, 4.69) is 10.4 Å². The van der Waals surface area contributed by atoms with Gasteiger partial charge in [-0.2, -0.15) is 5.10 Å². The van der Waals surface area contributed by atoms with Crippen molar-refractivity contribution >= 4 is 11.7 Å². The lowest BCUT2D eigenvalue weighted by molar-refractivity contribution is -0.116. The van der Waals surface area contributed by atoms with Gasteiger partial charge in [0.05, 0.1) is 27.0 Å². The zero-order chi connectivity index (χ0) is 18.4. The van der Waals surface area contributed by atoms with Gasteiger partial charge in [0.1, 0.15) is 17.3 Å². The van der Waals surface area contributed by atoms with E-state index in [0.717, 1.165) is 49.1 Å². The van der Waals surface area contributed by atoms with Crippen molar-refractivity contribution in [2.45, 2.75) is 25.8 Å². The van der Waals surface area contributed by atoms with Crippen LogP contribution < -0.4 is 14.8 Å². The summed E-state index contributed by atoms with van der Waals surface area (Å²) in [6, 6.07) is 7.41. The molecule has 7 heteroatoms. The molecule has 0 bridgehead atoms. The van der Waals surface area contributed by atoms with Gasteiger partial charge in [0.2, 0.25) is 5.91 Å². The molecule has 1 amide bonds. The summed E-state index contributed by atoms with van der Waals surface area (Å²) in [6.45, 7) is 2.31. The number of ether oxygens (including phenoxy) is 3. The fraction of sp³-hybridized carbons (Fsp3) is 0.474. The highest BCUT2D eigenvalue weighted by Crippen LogP contribution is 2.25. The molecule has 2 heterocycles. The number of nitrogens with one attached hydrogen (secondary N) is 1. The van der Waals surface area contributed by atoms with Gasteiger partial charge >= 0.3 is 0 Å². The van der Waals surface area contributed by atoms with Crippen LogP contribution in [0.4, 0.5) is 5.82 Å². The molecule has 140 valence electrons. The van der Waals surface area contributed by atoms with Gasteiger partial charge < -0.3 is 19.5 Å². The molecule has 1 N–H and O–H groups in total. The summed E-state index contributed by atoms with van der Waals surface area (Å²) < 4.78 is 17.9. The third-order valence-electron chi connectivity index (χ3n) is 4.55. The van der Waals surface area contributed by atoms with Crippen molar-refractivity contribution in [3.63, 3.8) is 0 Å². The number of hydrogen-bond acceptors (Lipinski definition) is 5. The van der Waals surface area contributed by atoms with E-state index in [1.165, 1.54) is 0 Å². The zero-order valence-electron chi connectivity index (χ0n) is 15.2. The van der Waals surface area contributed by atoms with Crippen molar-refractivity contribution in [2.24, 2.45) is 5.92 Å². The van der Waals surface area contributed by atoms with E-state index < -0.39 is 0 Å². The third-order valence-corrected chi connectivity index (χ3v) is 4.55. The number of anilines is 1. The second-order valence-corrected chi connectivity index (χ2v) is 6.35. The van der Waals surface area contributed by atoms with Crippen LogP contribution in [0, 0.1) is 5.92 Å². The maximum absolute atomic E-state index is 12.4. The molecule has 1 fully saturated rings. The summed E-state index contributed by atoms with van der Waals surface area (Å²) in [6.07, 6.45) is 3.65. The number of benzene rings is 1. The van der Waals surface area contributed by atoms with Crippen LogP contribution in [0.25, 0.3) is 0 Å². The maximum atomic E-state index is 12.4. The van der Waals surface area contributed by atoms with Crippen molar-refractivity contribution in [2.75, 3.05) is 32.8 Å². The Hall–Kier alpha value is -2.54. The van der Waals surface area contributed by atoms with Crippen LogP contribution in [0.5, 0.6) is 11.5 Å². The average molecular weight is 359 g/mol. The van der Waals surface area contributed by atoms with Gasteiger partial charge in [0.15, 0.2) is 0 Å². The molecule has 0 aliphatic carbocycles. The number of carbonyl (C=O) groups excluding carboxylic acids is 1. The minimum Gasteiger partial charge on any atom is -0.497 e. The highest BCUT2D eigenvalue weighted by atomic mass is 16.5. The molecule has 1 aromatic carbocycles. The maximum Gasteiger partial charge on any atom is 0.225 e. The van der Waals surface area contributed by atoms with Gasteiger partial charge in [-0.15, -0.1) is 0 Å². The number of amides is 1. The zero-order valence-corrected chi connectivity index (χ0v) is 15.2. The van der Waals surface area contributed by atoms with Crippen molar-refractivity contribution in [1.82, 2.24) is 9.78 Å². The second kappa shape index (κ2) is 8.71. The summed E-state index contributed by atoms with van der Waals surface area (Å²) in [5, 5.41) is 7.26. The first-order valence-corrected chi connectivity index (χ1v) is 8.80. The SMILES string of the molecule is COc1ccc(OC)c(CCC(=O)Nc2ccnn2CC2CCOC2)c1. The molecule has 7 nitrogen and oxygen atoms in total. The Morgan fingerprint density at radius 3 is 2.96 bits per heavy atom. The van der Waals surface area contributed by atoms with Crippen molar-refractivity contribution in [1.29, 1.82) is 0 Å². The van der Waals surface area contributed by atoms with E-state index in [1.807, 2.05) is 28.9 Å². The third kappa shape index (κ3) is 4.54. The van der Waals surface area contributed by atoms with Crippen LogP contribution in [-0.2, 0) is 22.5 Å². The first kappa shape index (κ1) is 18.3. The number of carbonyl (C=O) groups is 1. The van der Waals surface area contributed by atoms with E-state index in [9.17, 15) is 4.79 Å². The Morgan fingerprint density at radius 2 is 2.23 bits per heavy atom. The summed E-state index contributed by atoms with van der Waals surface area (Å²) in [5.74, 6) is 2.62. The molecule has 0 saturated carbocycles. The molecule has 1 atom stereocenters. The molecule has 2 aromatic rings. The van der Waals surface area contributed by atoms with E-state index in [-0.39, 0.29) is 5.91 Å². The number of hydrogen-bond donors (Lipinski definition) is 1. The molecule has 1 saturated heterocycles. The molecule has 1 aliphatic heterocycles. The number of nitrogens with zero attached hydrogens (tertiary/aromatic N) is 2. The van der Waals surface area contributed by atoms with Crippen molar-refractivity contribution in [3.05, 3.63) is 36.0 Å². The number of rotatable bonds is 8. The minimum atomic E-state index is -0.0562. The summed E-state index contributed by atoms with van der Waals surface area (Å²) in [7, 11) is 3.24. The fourth-order valence-corrected chi connectivity index (χ4v) is 3.09.